The first-order valence-electron chi connectivity index (χ1n) is 10.3. The number of fused-ring (bicyclic) bond motifs is 4. The molecule has 0 aromatic rings. The van der Waals surface area contributed by atoms with Crippen LogP contribution in [0.25, 0.3) is 0 Å². The molecule has 0 N–H and O–H groups in total. The summed E-state index contributed by atoms with van der Waals surface area (Å²) < 4.78 is 17.4. The molecule has 0 bridgehead atoms. The second-order valence-electron chi connectivity index (χ2n) is 10.1. The largest absolute Gasteiger partial charge is 0.465 e. The van der Waals surface area contributed by atoms with Crippen LogP contribution in [-0.4, -0.2) is 36.4 Å². The molecule has 3 saturated carbocycles. The third-order valence-corrected chi connectivity index (χ3v) is 8.84. The van der Waals surface area contributed by atoms with E-state index in [4.69, 9.17) is 14.2 Å². The minimum atomic E-state index is -0.185. The quantitative estimate of drug-likeness (QED) is 0.529. The Hall–Kier alpha value is -1.10. The molecule has 0 unspecified atom stereocenters. The van der Waals surface area contributed by atoms with Crippen LogP contribution in [0.5, 0.6) is 0 Å². The lowest BCUT2D eigenvalue weighted by molar-refractivity contribution is -0.180. The van der Waals surface area contributed by atoms with E-state index in [0.717, 1.165) is 32.1 Å². The molecule has 0 aromatic heterocycles. The van der Waals surface area contributed by atoms with E-state index in [9.17, 15) is 9.59 Å². The second-order valence-corrected chi connectivity index (χ2v) is 10.1. The predicted molar refractivity (Wildman–Crippen MR) is 93.1 cm³/mol. The van der Waals surface area contributed by atoms with E-state index in [1.54, 1.807) is 0 Å². The van der Waals surface area contributed by atoms with Crippen molar-refractivity contribution in [3.8, 4) is 0 Å². The summed E-state index contributed by atoms with van der Waals surface area (Å²) in [6.45, 7) is 6.81. The van der Waals surface area contributed by atoms with Crippen LogP contribution in [0.15, 0.2) is 0 Å². The molecule has 26 heavy (non-hydrogen) atoms. The molecule has 8 atom stereocenters. The number of cyclic esters (lactones) is 1. The van der Waals surface area contributed by atoms with Crippen LogP contribution in [-0.2, 0) is 23.8 Å². The smallest absolute Gasteiger partial charge is 0.306 e. The number of epoxide rings is 1. The number of carbonyl (C=O) groups excluding carboxylic acids is 2. The van der Waals surface area contributed by atoms with Crippen LogP contribution in [0.1, 0.15) is 65.7 Å². The summed E-state index contributed by atoms with van der Waals surface area (Å²) in [6, 6.07) is 0. The van der Waals surface area contributed by atoms with E-state index in [0.29, 0.717) is 30.8 Å². The van der Waals surface area contributed by atoms with Gasteiger partial charge in [0.25, 0.3) is 0 Å². The minimum Gasteiger partial charge on any atom is -0.465 e. The first-order valence-corrected chi connectivity index (χ1v) is 10.3. The van der Waals surface area contributed by atoms with Crippen molar-refractivity contribution in [2.75, 3.05) is 6.61 Å². The molecule has 2 saturated heterocycles. The second kappa shape index (κ2) is 5.24. The van der Waals surface area contributed by atoms with E-state index >= 15 is 0 Å². The lowest BCUT2D eigenvalue weighted by atomic mass is 9.44. The monoisotopic (exact) mass is 362 g/mol. The number of rotatable bonds is 1. The first kappa shape index (κ1) is 17.0. The maximum atomic E-state index is 12.0. The minimum absolute atomic E-state index is 0.000592. The molecule has 0 radical (unpaired) electrons. The average Bonchev–Trinajstić information content (AvgIpc) is 3.27. The highest BCUT2D eigenvalue weighted by atomic mass is 16.6. The Labute approximate surface area is 155 Å². The van der Waals surface area contributed by atoms with Crippen molar-refractivity contribution < 1.29 is 23.8 Å². The maximum absolute atomic E-state index is 12.0. The lowest BCUT2D eigenvalue weighted by Gasteiger charge is -2.60. The summed E-state index contributed by atoms with van der Waals surface area (Å²) in [7, 11) is 0. The van der Waals surface area contributed by atoms with Gasteiger partial charge >= 0.3 is 11.9 Å². The summed E-state index contributed by atoms with van der Waals surface area (Å²) in [5.41, 5.74) is 0.171. The van der Waals surface area contributed by atoms with Gasteiger partial charge in [-0.3, -0.25) is 9.59 Å². The van der Waals surface area contributed by atoms with Crippen molar-refractivity contribution in [3.63, 3.8) is 0 Å². The normalized spacial score (nSPS) is 54.7. The van der Waals surface area contributed by atoms with E-state index in [-0.39, 0.29) is 40.6 Å². The van der Waals surface area contributed by atoms with Gasteiger partial charge in [-0.15, -0.1) is 0 Å². The molecule has 0 amide bonds. The van der Waals surface area contributed by atoms with Crippen LogP contribution in [0, 0.1) is 28.6 Å². The van der Waals surface area contributed by atoms with Crippen molar-refractivity contribution in [1.29, 1.82) is 0 Å². The Morgan fingerprint density at radius 1 is 1.19 bits per heavy atom. The van der Waals surface area contributed by atoms with Gasteiger partial charge in [-0.25, -0.2) is 0 Å². The Balaban J connectivity index is 1.43. The fraction of sp³-hybridized carbons (Fsp3) is 0.905. The van der Waals surface area contributed by atoms with E-state index in [2.05, 4.69) is 13.8 Å². The Morgan fingerprint density at radius 2 is 2.00 bits per heavy atom. The number of hydrogen-bond donors (Lipinski definition) is 0. The van der Waals surface area contributed by atoms with Crippen molar-refractivity contribution in [3.05, 3.63) is 0 Å². The molecule has 144 valence electrons. The van der Waals surface area contributed by atoms with Crippen molar-refractivity contribution in [2.45, 2.75) is 83.5 Å². The molecular formula is C21H30O5. The van der Waals surface area contributed by atoms with Crippen LogP contribution in [0.3, 0.4) is 0 Å². The summed E-state index contributed by atoms with van der Waals surface area (Å²) in [5.74, 6) is 1.37. The predicted octanol–water partition coefficient (Wildman–Crippen LogP) is 3.25. The van der Waals surface area contributed by atoms with Gasteiger partial charge in [0.05, 0.1) is 12.7 Å². The van der Waals surface area contributed by atoms with Crippen LogP contribution >= 0.6 is 0 Å². The van der Waals surface area contributed by atoms with Gasteiger partial charge in [0.1, 0.15) is 11.7 Å². The summed E-state index contributed by atoms with van der Waals surface area (Å²) in [5, 5.41) is 0. The first-order chi connectivity index (χ1) is 12.3. The van der Waals surface area contributed by atoms with Gasteiger partial charge in [-0.05, 0) is 49.9 Å². The average molecular weight is 362 g/mol. The molecule has 0 aromatic carbocycles. The SMILES string of the molecule is CC(=O)O[C@H]1CC[C@]2(C)[C@H]3CC[C@]4(C)COC(=O)C[C@H]4[C@@H]3C[C@H]3O[C@]32C1. The maximum Gasteiger partial charge on any atom is 0.306 e. The summed E-state index contributed by atoms with van der Waals surface area (Å²) >= 11 is 0. The molecule has 2 heterocycles. The topological polar surface area (TPSA) is 65.1 Å². The molecule has 5 heteroatoms. The standard InChI is InChI=1S/C21H30O5/c1-12(22)25-13-4-7-20(3)15-5-6-19(2)11-24-18(23)9-16(19)14(15)8-17-21(20,10-13)26-17/h13-17H,4-11H2,1-3H3/t13-,14+,15-,16-,17+,19+,20+,21+/m0/s1. The number of ether oxygens (including phenoxy) is 3. The highest BCUT2D eigenvalue weighted by molar-refractivity contribution is 5.71. The number of carbonyl (C=O) groups is 2. The fourth-order valence-corrected chi connectivity index (χ4v) is 7.43. The van der Waals surface area contributed by atoms with E-state index in [1.807, 2.05) is 0 Å². The third kappa shape index (κ3) is 2.12. The van der Waals surface area contributed by atoms with Gasteiger partial charge in [0, 0.05) is 30.6 Å². The third-order valence-electron chi connectivity index (χ3n) is 8.84. The van der Waals surface area contributed by atoms with Crippen LogP contribution in [0.4, 0.5) is 0 Å². The van der Waals surface area contributed by atoms with Crippen molar-refractivity contribution >= 4 is 11.9 Å². The van der Waals surface area contributed by atoms with E-state index in [1.165, 1.54) is 13.3 Å². The summed E-state index contributed by atoms with van der Waals surface area (Å²) in [4.78, 5) is 23.4. The molecular weight excluding hydrogens is 332 g/mol. The van der Waals surface area contributed by atoms with Crippen LogP contribution in [0.2, 0.25) is 0 Å². The Bertz CT molecular complexity index is 661. The molecule has 5 rings (SSSR count). The van der Waals surface area contributed by atoms with Gasteiger partial charge in [-0.1, -0.05) is 13.8 Å². The number of esters is 2. The molecule has 5 aliphatic rings. The number of hydrogen-bond acceptors (Lipinski definition) is 5. The van der Waals surface area contributed by atoms with Crippen LogP contribution < -0.4 is 0 Å². The zero-order chi connectivity index (χ0) is 18.3. The highest BCUT2D eigenvalue weighted by Crippen LogP contribution is 2.72. The Kier molecular flexibility index (Phi) is 3.43. The lowest BCUT2D eigenvalue weighted by Crippen LogP contribution is -2.60. The summed E-state index contributed by atoms with van der Waals surface area (Å²) in [6.07, 6.45) is 7.06. The van der Waals surface area contributed by atoms with E-state index < -0.39 is 0 Å². The van der Waals surface area contributed by atoms with Crippen molar-refractivity contribution in [1.82, 2.24) is 0 Å². The molecule has 5 nitrogen and oxygen atoms in total. The highest BCUT2D eigenvalue weighted by Gasteiger charge is 2.76. The van der Waals surface area contributed by atoms with Crippen molar-refractivity contribution in [2.24, 2.45) is 28.6 Å². The molecule has 1 spiro atoms. The molecule has 3 aliphatic carbocycles. The Morgan fingerprint density at radius 3 is 2.77 bits per heavy atom. The molecule has 5 fully saturated rings. The zero-order valence-corrected chi connectivity index (χ0v) is 16.1. The molecule has 2 aliphatic heterocycles. The van der Waals surface area contributed by atoms with Gasteiger partial charge < -0.3 is 14.2 Å². The van der Waals surface area contributed by atoms with Gasteiger partial charge in [0.2, 0.25) is 0 Å². The zero-order valence-electron chi connectivity index (χ0n) is 16.1. The fourth-order valence-electron chi connectivity index (χ4n) is 7.43. The van der Waals surface area contributed by atoms with Gasteiger partial charge in [0.15, 0.2) is 0 Å². The van der Waals surface area contributed by atoms with Gasteiger partial charge in [-0.2, -0.15) is 0 Å².